The number of anilines is 1. The highest BCUT2D eigenvalue weighted by atomic mass is 35.5. The first kappa shape index (κ1) is 22.0. The summed E-state index contributed by atoms with van der Waals surface area (Å²) in [5, 5.41) is 0.598. The molecule has 1 heterocycles. The minimum absolute atomic E-state index is 0.135. The van der Waals surface area contributed by atoms with Crippen molar-refractivity contribution in [3.8, 4) is 0 Å². The van der Waals surface area contributed by atoms with Crippen molar-refractivity contribution in [2.24, 2.45) is 4.99 Å². The number of fused-ring (bicyclic) bond motifs is 1. The summed E-state index contributed by atoms with van der Waals surface area (Å²) in [6.07, 6.45) is 1.73. The zero-order chi connectivity index (χ0) is 22.7. The molecule has 0 spiro atoms. The number of hydrogen-bond acceptors (Lipinski definition) is 4. The number of allylic oxidation sites excluding steroid dienone is 1. The normalized spacial score (nSPS) is 12.1. The molecule has 1 N–H and O–H groups in total. The molecule has 3 aromatic carbocycles. The zero-order valence-corrected chi connectivity index (χ0v) is 19.1. The molecule has 0 saturated heterocycles. The molecule has 32 heavy (non-hydrogen) atoms. The lowest BCUT2D eigenvalue weighted by Crippen LogP contribution is -2.16. The maximum atomic E-state index is 12.9. The van der Waals surface area contributed by atoms with Crippen LogP contribution in [0.3, 0.4) is 0 Å². The quantitative estimate of drug-likeness (QED) is 0.388. The Morgan fingerprint density at radius 1 is 1.09 bits per heavy atom. The molecule has 9 heteroatoms. The molecule has 6 nitrogen and oxygen atoms in total. The number of carbonyl (C=O) groups is 1. The van der Waals surface area contributed by atoms with E-state index in [9.17, 15) is 13.2 Å². The number of nitrogens with one attached hydrogen (secondary N) is 1. The molecule has 4 rings (SSSR count). The van der Waals surface area contributed by atoms with Crippen LogP contribution in [-0.2, 0) is 16.6 Å². The van der Waals surface area contributed by atoms with Crippen LogP contribution in [0.1, 0.15) is 10.4 Å². The van der Waals surface area contributed by atoms with Gasteiger partial charge < -0.3 is 4.57 Å². The summed E-state index contributed by atoms with van der Waals surface area (Å²) in [5.74, 6) is -0.485. The average Bonchev–Trinajstić information content (AvgIpc) is 3.10. The SMILES string of the molecule is C=CCn1c(=NC(=O)c2cccc(NS(=O)(=O)c3ccccc3)c2)sc2cc(Cl)ccc21. The first-order chi connectivity index (χ1) is 15.4. The molecular formula is C23H18ClN3O3S2. The highest BCUT2D eigenvalue weighted by Gasteiger charge is 2.15. The molecule has 4 aromatic rings. The van der Waals surface area contributed by atoms with Crippen molar-refractivity contribution in [3.05, 3.63) is 101 Å². The van der Waals surface area contributed by atoms with E-state index >= 15 is 0 Å². The standard InChI is InChI=1S/C23H18ClN3O3S2/c1-2-13-27-20-12-11-17(24)15-21(20)31-23(27)25-22(28)16-7-6-8-18(14-16)26-32(29,30)19-9-4-3-5-10-19/h2-12,14-15,26H,1,13H2. The Balaban J connectivity index is 1.69. The Hall–Kier alpha value is -3.20. The number of benzene rings is 3. The number of amides is 1. The van der Waals surface area contributed by atoms with E-state index in [1.807, 2.05) is 16.7 Å². The monoisotopic (exact) mass is 483 g/mol. The van der Waals surface area contributed by atoms with Gasteiger partial charge in [-0.25, -0.2) is 8.42 Å². The molecule has 0 unspecified atom stereocenters. The summed E-state index contributed by atoms with van der Waals surface area (Å²) < 4.78 is 30.4. The van der Waals surface area contributed by atoms with Gasteiger partial charge in [-0.3, -0.25) is 9.52 Å². The Morgan fingerprint density at radius 2 is 1.88 bits per heavy atom. The van der Waals surface area contributed by atoms with Gasteiger partial charge in [0.15, 0.2) is 4.80 Å². The van der Waals surface area contributed by atoms with Crippen LogP contribution in [0, 0.1) is 0 Å². The summed E-state index contributed by atoms with van der Waals surface area (Å²) in [6.45, 7) is 4.25. The van der Waals surface area contributed by atoms with Gasteiger partial charge in [0, 0.05) is 22.8 Å². The summed E-state index contributed by atoms with van der Waals surface area (Å²) in [7, 11) is -3.77. The number of hydrogen-bond donors (Lipinski definition) is 1. The molecule has 0 saturated carbocycles. The smallest absolute Gasteiger partial charge is 0.279 e. The second-order valence-electron chi connectivity index (χ2n) is 6.81. The van der Waals surface area contributed by atoms with Crippen LogP contribution >= 0.6 is 22.9 Å². The van der Waals surface area contributed by atoms with E-state index in [0.29, 0.717) is 16.4 Å². The number of sulfonamides is 1. The van der Waals surface area contributed by atoms with Gasteiger partial charge in [-0.05, 0) is 48.5 Å². The maximum absolute atomic E-state index is 12.9. The van der Waals surface area contributed by atoms with E-state index in [0.717, 1.165) is 10.2 Å². The molecule has 162 valence electrons. The average molecular weight is 484 g/mol. The van der Waals surface area contributed by atoms with E-state index < -0.39 is 15.9 Å². The fraction of sp³-hybridized carbons (Fsp3) is 0.0435. The van der Waals surface area contributed by atoms with Crippen molar-refractivity contribution in [3.63, 3.8) is 0 Å². The van der Waals surface area contributed by atoms with Gasteiger partial charge in [0.1, 0.15) is 0 Å². The van der Waals surface area contributed by atoms with Crippen LogP contribution in [0.2, 0.25) is 5.02 Å². The van der Waals surface area contributed by atoms with Crippen molar-refractivity contribution in [2.45, 2.75) is 11.4 Å². The van der Waals surface area contributed by atoms with Gasteiger partial charge in [-0.15, -0.1) is 6.58 Å². The van der Waals surface area contributed by atoms with Crippen molar-refractivity contribution in [1.82, 2.24) is 4.57 Å². The van der Waals surface area contributed by atoms with Crippen LogP contribution in [0.25, 0.3) is 10.2 Å². The molecule has 0 bridgehead atoms. The number of halogens is 1. The van der Waals surface area contributed by atoms with E-state index in [-0.39, 0.29) is 16.1 Å². The first-order valence-electron chi connectivity index (χ1n) is 9.54. The second-order valence-corrected chi connectivity index (χ2v) is 9.94. The highest BCUT2D eigenvalue weighted by molar-refractivity contribution is 7.92. The van der Waals surface area contributed by atoms with Crippen LogP contribution in [0.5, 0.6) is 0 Å². The molecule has 0 atom stereocenters. The van der Waals surface area contributed by atoms with Crippen LogP contribution < -0.4 is 9.52 Å². The van der Waals surface area contributed by atoms with Crippen molar-refractivity contribution < 1.29 is 13.2 Å². The van der Waals surface area contributed by atoms with Crippen molar-refractivity contribution in [2.75, 3.05) is 4.72 Å². The number of nitrogens with zero attached hydrogens (tertiary/aromatic N) is 2. The summed E-state index contributed by atoms with van der Waals surface area (Å²) in [4.78, 5) is 17.8. The summed E-state index contributed by atoms with van der Waals surface area (Å²) >= 11 is 7.44. The third-order valence-electron chi connectivity index (χ3n) is 4.57. The third kappa shape index (κ3) is 4.67. The van der Waals surface area contributed by atoms with Gasteiger partial charge in [-0.1, -0.05) is 53.3 Å². The Labute approximate surface area is 194 Å². The van der Waals surface area contributed by atoms with Gasteiger partial charge >= 0.3 is 0 Å². The minimum Gasteiger partial charge on any atom is -0.312 e. The van der Waals surface area contributed by atoms with Crippen LogP contribution in [-0.4, -0.2) is 18.9 Å². The molecule has 0 aliphatic carbocycles. The molecule has 1 amide bonds. The predicted molar refractivity (Wildman–Crippen MR) is 129 cm³/mol. The van der Waals surface area contributed by atoms with E-state index in [1.54, 1.807) is 48.5 Å². The lowest BCUT2D eigenvalue weighted by Gasteiger charge is -2.08. The molecular weight excluding hydrogens is 466 g/mol. The van der Waals surface area contributed by atoms with E-state index in [2.05, 4.69) is 16.3 Å². The maximum Gasteiger partial charge on any atom is 0.279 e. The van der Waals surface area contributed by atoms with Crippen LogP contribution in [0.15, 0.2) is 95.3 Å². The summed E-state index contributed by atoms with van der Waals surface area (Å²) in [5.41, 5.74) is 1.44. The Morgan fingerprint density at radius 3 is 2.62 bits per heavy atom. The highest BCUT2D eigenvalue weighted by Crippen LogP contribution is 2.22. The van der Waals surface area contributed by atoms with Gasteiger partial charge in [0.25, 0.3) is 15.9 Å². The van der Waals surface area contributed by atoms with Crippen molar-refractivity contribution in [1.29, 1.82) is 0 Å². The molecule has 0 radical (unpaired) electrons. The predicted octanol–water partition coefficient (Wildman–Crippen LogP) is 5.08. The fourth-order valence-electron chi connectivity index (χ4n) is 3.12. The number of aromatic nitrogens is 1. The second kappa shape index (κ2) is 9.12. The Kier molecular flexibility index (Phi) is 6.27. The third-order valence-corrected chi connectivity index (χ3v) is 7.24. The topological polar surface area (TPSA) is 80.5 Å². The van der Waals surface area contributed by atoms with Gasteiger partial charge in [-0.2, -0.15) is 4.99 Å². The van der Waals surface area contributed by atoms with E-state index in [1.165, 1.54) is 29.5 Å². The van der Waals surface area contributed by atoms with Crippen molar-refractivity contribution >= 4 is 54.8 Å². The minimum atomic E-state index is -3.77. The lowest BCUT2D eigenvalue weighted by molar-refractivity contribution is 0.0998. The number of rotatable bonds is 6. The zero-order valence-electron chi connectivity index (χ0n) is 16.7. The Bertz CT molecular complexity index is 1490. The number of thiazole rings is 1. The lowest BCUT2D eigenvalue weighted by atomic mass is 10.2. The molecule has 1 aromatic heterocycles. The van der Waals surface area contributed by atoms with E-state index in [4.69, 9.17) is 11.6 Å². The largest absolute Gasteiger partial charge is 0.312 e. The van der Waals surface area contributed by atoms with Gasteiger partial charge in [0.2, 0.25) is 0 Å². The van der Waals surface area contributed by atoms with Gasteiger partial charge in [0.05, 0.1) is 15.1 Å². The molecule has 0 fully saturated rings. The summed E-state index contributed by atoms with van der Waals surface area (Å²) in [6, 6.07) is 19.7. The van der Waals surface area contributed by atoms with Crippen LogP contribution in [0.4, 0.5) is 5.69 Å². The number of carbonyl (C=O) groups excluding carboxylic acids is 1. The fourth-order valence-corrected chi connectivity index (χ4v) is 5.50. The molecule has 0 aliphatic rings. The first-order valence-corrected chi connectivity index (χ1v) is 12.2. The molecule has 0 aliphatic heterocycles.